The summed E-state index contributed by atoms with van der Waals surface area (Å²) in [5, 5.41) is 6.24. The maximum atomic E-state index is 12.4. The summed E-state index contributed by atoms with van der Waals surface area (Å²) in [6, 6.07) is 5.12. The van der Waals surface area contributed by atoms with E-state index in [1.54, 1.807) is 25.1 Å². The van der Waals surface area contributed by atoms with Crippen molar-refractivity contribution in [2.75, 3.05) is 13.1 Å². The van der Waals surface area contributed by atoms with Crippen LogP contribution in [0.25, 0.3) is 11.0 Å². The van der Waals surface area contributed by atoms with E-state index in [0.717, 1.165) is 25.9 Å². The van der Waals surface area contributed by atoms with Crippen LogP contribution in [0.1, 0.15) is 30.1 Å². The molecule has 1 unspecified atom stereocenters. The lowest BCUT2D eigenvalue weighted by Gasteiger charge is -2.23. The molecule has 3 N–H and O–H groups in total. The van der Waals surface area contributed by atoms with Crippen molar-refractivity contribution in [1.29, 1.82) is 0 Å². The third-order valence-electron chi connectivity index (χ3n) is 4.19. The molecule has 2 heterocycles. The second-order valence-electron chi connectivity index (χ2n) is 5.75. The maximum absolute atomic E-state index is 12.4. The van der Waals surface area contributed by atoms with E-state index in [0.29, 0.717) is 23.1 Å². The molecule has 1 saturated heterocycles. The first-order valence-corrected chi connectivity index (χ1v) is 7.88. The van der Waals surface area contributed by atoms with Crippen molar-refractivity contribution < 1.29 is 4.79 Å². The summed E-state index contributed by atoms with van der Waals surface area (Å²) in [6.45, 7) is 3.96. The van der Waals surface area contributed by atoms with Gasteiger partial charge < -0.3 is 20.2 Å². The molecular formula is C16H21ClN4O3. The Morgan fingerprint density at radius 2 is 2.17 bits per heavy atom. The van der Waals surface area contributed by atoms with E-state index in [1.165, 1.54) is 4.57 Å². The van der Waals surface area contributed by atoms with Gasteiger partial charge in [-0.15, -0.1) is 12.4 Å². The van der Waals surface area contributed by atoms with Gasteiger partial charge in [0.05, 0.1) is 11.0 Å². The predicted molar refractivity (Wildman–Crippen MR) is 95.1 cm³/mol. The number of amides is 1. The number of aromatic nitrogens is 2. The average Bonchev–Trinajstić information content (AvgIpc) is 2.56. The van der Waals surface area contributed by atoms with Crippen LogP contribution in [0.15, 0.2) is 27.8 Å². The van der Waals surface area contributed by atoms with E-state index in [4.69, 9.17) is 0 Å². The molecule has 2 aromatic rings. The van der Waals surface area contributed by atoms with Gasteiger partial charge in [0, 0.05) is 24.7 Å². The lowest BCUT2D eigenvalue weighted by Crippen LogP contribution is -2.45. The summed E-state index contributed by atoms with van der Waals surface area (Å²) in [4.78, 5) is 38.5. The number of aryl methyl sites for hydroxylation is 1. The minimum Gasteiger partial charge on any atom is -0.348 e. The van der Waals surface area contributed by atoms with Gasteiger partial charge in [-0.1, -0.05) is 0 Å². The minimum atomic E-state index is -0.673. The summed E-state index contributed by atoms with van der Waals surface area (Å²) < 4.78 is 1.40. The normalized spacial score (nSPS) is 17.3. The second-order valence-corrected chi connectivity index (χ2v) is 5.75. The van der Waals surface area contributed by atoms with Gasteiger partial charge in [-0.2, -0.15) is 0 Å². The van der Waals surface area contributed by atoms with E-state index in [2.05, 4.69) is 15.6 Å². The Kier molecular flexibility index (Phi) is 5.80. The SMILES string of the molecule is CCn1c(=O)c(=O)[nH]c2cc(C(=O)NC3CCCNC3)ccc21.Cl. The van der Waals surface area contributed by atoms with E-state index in [-0.39, 0.29) is 24.4 Å². The highest BCUT2D eigenvalue weighted by Crippen LogP contribution is 2.12. The van der Waals surface area contributed by atoms with Crippen LogP contribution in [0.4, 0.5) is 0 Å². The van der Waals surface area contributed by atoms with E-state index >= 15 is 0 Å². The largest absolute Gasteiger partial charge is 0.348 e. The van der Waals surface area contributed by atoms with Gasteiger partial charge in [-0.3, -0.25) is 14.4 Å². The van der Waals surface area contributed by atoms with Gasteiger partial charge in [0.1, 0.15) is 0 Å². The number of nitrogens with one attached hydrogen (secondary N) is 3. The number of piperidine rings is 1. The van der Waals surface area contributed by atoms with Crippen molar-refractivity contribution >= 4 is 29.3 Å². The Morgan fingerprint density at radius 1 is 1.38 bits per heavy atom. The molecule has 1 atom stereocenters. The van der Waals surface area contributed by atoms with Crippen molar-refractivity contribution in [1.82, 2.24) is 20.2 Å². The Bertz CT molecular complexity index is 853. The van der Waals surface area contributed by atoms with Gasteiger partial charge in [-0.05, 0) is 44.5 Å². The number of benzene rings is 1. The molecular weight excluding hydrogens is 332 g/mol. The Balaban J connectivity index is 0.00000208. The van der Waals surface area contributed by atoms with Crippen LogP contribution >= 0.6 is 12.4 Å². The molecule has 1 fully saturated rings. The number of carbonyl (C=O) groups excluding carboxylic acids is 1. The lowest BCUT2D eigenvalue weighted by atomic mass is 10.1. The van der Waals surface area contributed by atoms with Crippen molar-refractivity contribution in [2.24, 2.45) is 0 Å². The second kappa shape index (κ2) is 7.63. The number of halogens is 1. The third kappa shape index (κ3) is 3.52. The van der Waals surface area contributed by atoms with Crippen molar-refractivity contribution in [2.45, 2.75) is 32.4 Å². The molecule has 0 aliphatic carbocycles. The number of nitrogens with zero attached hydrogens (tertiary/aromatic N) is 1. The zero-order valence-corrected chi connectivity index (χ0v) is 14.2. The van der Waals surface area contributed by atoms with Gasteiger partial charge in [-0.25, -0.2) is 0 Å². The fourth-order valence-electron chi connectivity index (χ4n) is 2.98. The molecule has 1 aliphatic rings. The Labute approximate surface area is 144 Å². The molecule has 0 bridgehead atoms. The van der Waals surface area contributed by atoms with E-state index in [9.17, 15) is 14.4 Å². The van der Waals surface area contributed by atoms with Gasteiger partial charge >= 0.3 is 11.1 Å². The number of hydrogen-bond acceptors (Lipinski definition) is 4. The maximum Gasteiger partial charge on any atom is 0.316 e. The first kappa shape index (κ1) is 18.2. The molecule has 3 rings (SSSR count). The van der Waals surface area contributed by atoms with E-state index < -0.39 is 11.1 Å². The van der Waals surface area contributed by atoms with Gasteiger partial charge in [0.15, 0.2) is 0 Å². The zero-order valence-electron chi connectivity index (χ0n) is 13.4. The highest BCUT2D eigenvalue weighted by molar-refractivity contribution is 5.97. The molecule has 8 heteroatoms. The highest BCUT2D eigenvalue weighted by atomic mass is 35.5. The molecule has 1 aliphatic heterocycles. The monoisotopic (exact) mass is 352 g/mol. The molecule has 1 amide bonds. The first-order valence-electron chi connectivity index (χ1n) is 7.88. The minimum absolute atomic E-state index is 0. The summed E-state index contributed by atoms with van der Waals surface area (Å²) in [5.74, 6) is -0.171. The lowest BCUT2D eigenvalue weighted by molar-refractivity contribution is 0.0931. The van der Waals surface area contributed by atoms with Crippen LogP contribution in [0.5, 0.6) is 0 Å². The fourth-order valence-corrected chi connectivity index (χ4v) is 2.98. The highest BCUT2D eigenvalue weighted by Gasteiger charge is 2.17. The van der Waals surface area contributed by atoms with Crippen LogP contribution < -0.4 is 21.8 Å². The summed E-state index contributed by atoms with van der Waals surface area (Å²) in [5.41, 5.74) is 0.331. The predicted octanol–water partition coefficient (Wildman–Crippen LogP) is 0.613. The number of hydrogen-bond donors (Lipinski definition) is 3. The van der Waals surface area contributed by atoms with Gasteiger partial charge in [0.2, 0.25) is 0 Å². The molecule has 0 saturated carbocycles. The molecule has 0 spiro atoms. The standard InChI is InChI=1S/C16H20N4O3.ClH/c1-2-20-13-6-5-10(8-12(13)19-15(22)16(20)23)14(21)18-11-4-3-7-17-9-11;/h5-6,8,11,17H,2-4,7,9H2,1H3,(H,18,21)(H,19,22);1H. The summed E-state index contributed by atoms with van der Waals surface area (Å²) in [7, 11) is 0. The van der Waals surface area contributed by atoms with E-state index in [1.807, 2.05) is 0 Å². The Hall–Kier alpha value is -2.12. The van der Waals surface area contributed by atoms with Gasteiger partial charge in [0.25, 0.3) is 5.91 Å². The van der Waals surface area contributed by atoms with Crippen LogP contribution in [0.2, 0.25) is 0 Å². The quantitative estimate of drug-likeness (QED) is 0.705. The molecule has 1 aromatic heterocycles. The topological polar surface area (TPSA) is 96.0 Å². The molecule has 130 valence electrons. The number of rotatable bonds is 3. The van der Waals surface area contributed by atoms with Crippen LogP contribution in [-0.2, 0) is 6.54 Å². The number of aromatic amines is 1. The number of carbonyl (C=O) groups is 1. The number of H-pyrrole nitrogens is 1. The smallest absolute Gasteiger partial charge is 0.316 e. The van der Waals surface area contributed by atoms with Crippen LogP contribution in [-0.4, -0.2) is 34.6 Å². The van der Waals surface area contributed by atoms with Crippen LogP contribution in [0, 0.1) is 0 Å². The van der Waals surface area contributed by atoms with Crippen molar-refractivity contribution in [3.8, 4) is 0 Å². The van der Waals surface area contributed by atoms with Crippen molar-refractivity contribution in [3.05, 3.63) is 44.5 Å². The summed E-state index contributed by atoms with van der Waals surface area (Å²) in [6.07, 6.45) is 2.00. The molecule has 7 nitrogen and oxygen atoms in total. The van der Waals surface area contributed by atoms with Crippen LogP contribution in [0.3, 0.4) is 0 Å². The summed E-state index contributed by atoms with van der Waals surface area (Å²) >= 11 is 0. The molecule has 1 aromatic carbocycles. The first-order chi connectivity index (χ1) is 11.1. The molecule has 0 radical (unpaired) electrons. The molecule has 24 heavy (non-hydrogen) atoms. The zero-order chi connectivity index (χ0) is 16.4. The Morgan fingerprint density at radius 3 is 2.83 bits per heavy atom. The van der Waals surface area contributed by atoms with Crippen molar-refractivity contribution in [3.63, 3.8) is 0 Å². The fraction of sp³-hybridized carbons (Fsp3) is 0.438. The number of fused-ring (bicyclic) bond motifs is 1. The average molecular weight is 353 g/mol. The third-order valence-corrected chi connectivity index (χ3v) is 4.19.